The standard InChI is InChI=1S/C14H12FNO2/c1-17-14-5-4-10(8-13(14)15)11(9-16)7-12-3-2-6-18-12/h2-6,8,11H,7H2,1H3. The van der Waals surface area contributed by atoms with Gasteiger partial charge in [-0.2, -0.15) is 5.26 Å². The van der Waals surface area contributed by atoms with Gasteiger partial charge < -0.3 is 9.15 Å². The number of furan rings is 1. The molecule has 2 rings (SSSR count). The van der Waals surface area contributed by atoms with Crippen LogP contribution in [0.15, 0.2) is 41.0 Å². The van der Waals surface area contributed by atoms with Crippen LogP contribution in [0.4, 0.5) is 4.39 Å². The van der Waals surface area contributed by atoms with E-state index < -0.39 is 11.7 Å². The molecule has 92 valence electrons. The van der Waals surface area contributed by atoms with E-state index in [4.69, 9.17) is 14.4 Å². The summed E-state index contributed by atoms with van der Waals surface area (Å²) in [5.41, 5.74) is 0.618. The predicted molar refractivity (Wildman–Crippen MR) is 63.7 cm³/mol. The summed E-state index contributed by atoms with van der Waals surface area (Å²) >= 11 is 0. The lowest BCUT2D eigenvalue weighted by Gasteiger charge is -2.09. The number of benzene rings is 1. The van der Waals surface area contributed by atoms with E-state index in [0.29, 0.717) is 17.7 Å². The normalized spacial score (nSPS) is 11.8. The van der Waals surface area contributed by atoms with E-state index in [1.807, 2.05) is 0 Å². The van der Waals surface area contributed by atoms with Crippen LogP contribution >= 0.6 is 0 Å². The second kappa shape index (κ2) is 5.37. The Morgan fingerprint density at radius 1 is 1.44 bits per heavy atom. The van der Waals surface area contributed by atoms with E-state index in [0.717, 1.165) is 0 Å². The highest BCUT2D eigenvalue weighted by atomic mass is 19.1. The zero-order chi connectivity index (χ0) is 13.0. The van der Waals surface area contributed by atoms with E-state index in [1.165, 1.54) is 19.2 Å². The molecule has 0 saturated heterocycles. The molecule has 1 heterocycles. The number of rotatable bonds is 4. The summed E-state index contributed by atoms with van der Waals surface area (Å²) in [4.78, 5) is 0. The summed E-state index contributed by atoms with van der Waals surface area (Å²) in [5, 5.41) is 9.15. The number of hydrogen-bond donors (Lipinski definition) is 0. The molecule has 0 radical (unpaired) electrons. The van der Waals surface area contributed by atoms with Gasteiger partial charge in [0, 0.05) is 6.42 Å². The first-order valence-electron chi connectivity index (χ1n) is 5.50. The molecular weight excluding hydrogens is 233 g/mol. The van der Waals surface area contributed by atoms with Gasteiger partial charge in [-0.25, -0.2) is 4.39 Å². The molecule has 0 aliphatic heterocycles. The predicted octanol–water partition coefficient (Wildman–Crippen LogP) is 3.28. The van der Waals surface area contributed by atoms with E-state index in [-0.39, 0.29) is 5.75 Å². The van der Waals surface area contributed by atoms with Crippen LogP contribution in [0.3, 0.4) is 0 Å². The Kier molecular flexibility index (Phi) is 3.63. The third kappa shape index (κ3) is 2.51. The van der Waals surface area contributed by atoms with Crippen molar-refractivity contribution in [2.75, 3.05) is 7.11 Å². The maximum atomic E-state index is 13.6. The van der Waals surface area contributed by atoms with Crippen LogP contribution in [-0.4, -0.2) is 7.11 Å². The molecule has 0 amide bonds. The summed E-state index contributed by atoms with van der Waals surface area (Å²) in [6.07, 6.45) is 1.98. The second-order valence-electron chi connectivity index (χ2n) is 3.86. The third-order valence-corrected chi connectivity index (χ3v) is 2.72. The molecule has 0 spiro atoms. The lowest BCUT2D eigenvalue weighted by molar-refractivity contribution is 0.386. The maximum absolute atomic E-state index is 13.6. The summed E-state index contributed by atoms with van der Waals surface area (Å²) in [6.45, 7) is 0. The quantitative estimate of drug-likeness (QED) is 0.830. The minimum absolute atomic E-state index is 0.174. The minimum Gasteiger partial charge on any atom is -0.494 e. The first-order chi connectivity index (χ1) is 8.74. The summed E-state index contributed by atoms with van der Waals surface area (Å²) in [5.74, 6) is -0.0162. The van der Waals surface area contributed by atoms with Gasteiger partial charge in [0.05, 0.1) is 25.4 Å². The fourth-order valence-electron chi connectivity index (χ4n) is 1.77. The summed E-state index contributed by atoms with van der Waals surface area (Å²) in [6, 6.07) is 10.3. The average Bonchev–Trinajstić information content (AvgIpc) is 2.88. The van der Waals surface area contributed by atoms with Crippen LogP contribution in [0, 0.1) is 17.1 Å². The monoisotopic (exact) mass is 245 g/mol. The molecule has 3 nitrogen and oxygen atoms in total. The van der Waals surface area contributed by atoms with Gasteiger partial charge in [0.15, 0.2) is 11.6 Å². The maximum Gasteiger partial charge on any atom is 0.165 e. The SMILES string of the molecule is COc1ccc(C(C#N)Cc2ccco2)cc1F. The Bertz CT molecular complexity index is 558. The van der Waals surface area contributed by atoms with Crippen molar-refractivity contribution in [3.63, 3.8) is 0 Å². The molecule has 0 saturated carbocycles. The van der Waals surface area contributed by atoms with Crippen molar-refractivity contribution in [3.8, 4) is 11.8 Å². The van der Waals surface area contributed by atoms with Crippen LogP contribution in [-0.2, 0) is 6.42 Å². The Balaban J connectivity index is 2.23. The van der Waals surface area contributed by atoms with Gasteiger partial charge in [-0.05, 0) is 29.8 Å². The molecular formula is C14H12FNO2. The van der Waals surface area contributed by atoms with Gasteiger partial charge in [-0.15, -0.1) is 0 Å². The Morgan fingerprint density at radius 3 is 2.83 bits per heavy atom. The molecule has 0 aliphatic carbocycles. The van der Waals surface area contributed by atoms with Crippen LogP contribution in [0.25, 0.3) is 0 Å². The molecule has 1 aromatic heterocycles. The number of hydrogen-bond acceptors (Lipinski definition) is 3. The lowest BCUT2D eigenvalue weighted by atomic mass is 9.96. The van der Waals surface area contributed by atoms with E-state index in [2.05, 4.69) is 6.07 Å². The Labute approximate surface area is 104 Å². The average molecular weight is 245 g/mol. The molecule has 1 unspecified atom stereocenters. The molecule has 1 atom stereocenters. The van der Waals surface area contributed by atoms with Crippen molar-refractivity contribution in [1.82, 2.24) is 0 Å². The second-order valence-corrected chi connectivity index (χ2v) is 3.86. The number of ether oxygens (including phenoxy) is 1. The third-order valence-electron chi connectivity index (χ3n) is 2.72. The van der Waals surface area contributed by atoms with Crippen molar-refractivity contribution >= 4 is 0 Å². The summed E-state index contributed by atoms with van der Waals surface area (Å²) in [7, 11) is 1.41. The van der Waals surface area contributed by atoms with Gasteiger partial charge in [-0.1, -0.05) is 6.07 Å². The van der Waals surface area contributed by atoms with Gasteiger partial charge in [0.2, 0.25) is 0 Å². The topological polar surface area (TPSA) is 46.2 Å². The zero-order valence-corrected chi connectivity index (χ0v) is 9.89. The highest BCUT2D eigenvalue weighted by Crippen LogP contribution is 2.25. The van der Waals surface area contributed by atoms with Crippen LogP contribution in [0.1, 0.15) is 17.2 Å². The van der Waals surface area contributed by atoms with Crippen molar-refractivity contribution in [2.45, 2.75) is 12.3 Å². The van der Waals surface area contributed by atoms with Crippen LogP contribution in [0.5, 0.6) is 5.75 Å². The summed E-state index contributed by atoms with van der Waals surface area (Å²) < 4.78 is 23.6. The highest BCUT2D eigenvalue weighted by molar-refractivity contribution is 5.34. The van der Waals surface area contributed by atoms with Crippen LogP contribution in [0.2, 0.25) is 0 Å². The van der Waals surface area contributed by atoms with Gasteiger partial charge in [0.25, 0.3) is 0 Å². The number of methoxy groups -OCH3 is 1. The molecule has 1 aromatic carbocycles. The first-order valence-corrected chi connectivity index (χ1v) is 5.50. The Morgan fingerprint density at radius 2 is 2.28 bits per heavy atom. The van der Waals surface area contributed by atoms with Crippen molar-refractivity contribution in [3.05, 3.63) is 53.7 Å². The van der Waals surface area contributed by atoms with E-state index >= 15 is 0 Å². The van der Waals surface area contributed by atoms with E-state index in [9.17, 15) is 4.39 Å². The largest absolute Gasteiger partial charge is 0.494 e. The molecule has 0 aliphatic rings. The fraction of sp³-hybridized carbons (Fsp3) is 0.214. The Hall–Kier alpha value is -2.28. The minimum atomic E-state index is -0.463. The molecule has 18 heavy (non-hydrogen) atoms. The van der Waals surface area contributed by atoms with Crippen LogP contribution < -0.4 is 4.74 Å². The number of nitrogens with zero attached hydrogens (tertiary/aromatic N) is 1. The first kappa shape index (κ1) is 12.2. The van der Waals surface area contributed by atoms with Gasteiger partial charge in [0.1, 0.15) is 5.76 Å². The van der Waals surface area contributed by atoms with Gasteiger partial charge in [-0.3, -0.25) is 0 Å². The lowest BCUT2D eigenvalue weighted by Crippen LogP contribution is -2.01. The van der Waals surface area contributed by atoms with Crippen molar-refractivity contribution < 1.29 is 13.5 Å². The van der Waals surface area contributed by atoms with Crippen molar-refractivity contribution in [2.24, 2.45) is 0 Å². The highest BCUT2D eigenvalue weighted by Gasteiger charge is 2.15. The molecule has 0 bridgehead atoms. The van der Waals surface area contributed by atoms with Crippen molar-refractivity contribution in [1.29, 1.82) is 5.26 Å². The smallest absolute Gasteiger partial charge is 0.165 e. The van der Waals surface area contributed by atoms with Gasteiger partial charge >= 0.3 is 0 Å². The number of nitriles is 1. The molecule has 0 N–H and O–H groups in total. The fourth-order valence-corrected chi connectivity index (χ4v) is 1.77. The molecule has 4 heteroatoms. The van der Waals surface area contributed by atoms with E-state index in [1.54, 1.807) is 24.5 Å². The molecule has 0 fully saturated rings. The molecule has 2 aromatic rings. The zero-order valence-electron chi connectivity index (χ0n) is 9.89. The number of halogens is 1.